The van der Waals surface area contributed by atoms with Crippen LogP contribution in [-0.2, 0) is 9.59 Å². The van der Waals surface area contributed by atoms with Gasteiger partial charge < -0.3 is 5.21 Å². The summed E-state index contributed by atoms with van der Waals surface area (Å²) in [4.78, 5) is 25.9. The summed E-state index contributed by atoms with van der Waals surface area (Å²) in [6.45, 7) is 7.01. The van der Waals surface area contributed by atoms with E-state index in [0.29, 0.717) is 19.4 Å². The van der Waals surface area contributed by atoms with E-state index in [4.69, 9.17) is 0 Å². The van der Waals surface area contributed by atoms with Gasteiger partial charge in [-0.3, -0.25) is 9.59 Å². The molecule has 0 radical (unpaired) electrons. The first-order chi connectivity index (χ1) is 21.6. The maximum absolute atomic E-state index is 13.0. The van der Waals surface area contributed by atoms with E-state index in [0.717, 1.165) is 30.7 Å². The number of carbonyl (C=O) groups is 2. The molecule has 4 nitrogen and oxygen atoms in total. The van der Waals surface area contributed by atoms with Crippen LogP contribution in [-0.4, -0.2) is 34.9 Å². The molecule has 0 amide bonds. The van der Waals surface area contributed by atoms with Crippen LogP contribution in [0.4, 0.5) is 0 Å². The summed E-state index contributed by atoms with van der Waals surface area (Å²) < 4.78 is 0. The summed E-state index contributed by atoms with van der Waals surface area (Å²) in [5.41, 5.74) is 0. The predicted octanol–water partition coefficient (Wildman–Crippen LogP) is 13.0. The first-order valence-electron chi connectivity index (χ1n) is 20.1. The van der Waals surface area contributed by atoms with Crippen LogP contribution in [0.25, 0.3) is 0 Å². The molecule has 0 aliphatic carbocycles. The van der Waals surface area contributed by atoms with E-state index in [2.05, 4.69) is 13.8 Å². The Balaban J connectivity index is 3.85. The Labute approximate surface area is 276 Å². The Kier molecular flexibility index (Phi) is 34.5. The highest BCUT2D eigenvalue weighted by Crippen LogP contribution is 2.18. The van der Waals surface area contributed by atoms with Crippen molar-refractivity contribution >= 4 is 11.6 Å². The first-order valence-corrected chi connectivity index (χ1v) is 20.1. The van der Waals surface area contributed by atoms with Crippen LogP contribution >= 0.6 is 0 Å². The van der Waals surface area contributed by atoms with Crippen LogP contribution in [0.3, 0.4) is 0 Å². The highest BCUT2D eigenvalue weighted by molar-refractivity contribution is 6.02. The van der Waals surface area contributed by atoms with Crippen molar-refractivity contribution in [2.24, 2.45) is 5.92 Å². The number of unbranched alkanes of at least 4 members (excludes halogenated alkanes) is 28. The number of Topliss-reactive ketones (excluding diaryl/α,β-unsaturated/α-hetero) is 2. The molecule has 0 bridgehead atoms. The van der Waals surface area contributed by atoms with Crippen molar-refractivity contribution in [2.45, 2.75) is 226 Å². The highest BCUT2D eigenvalue weighted by Gasteiger charge is 2.27. The van der Waals surface area contributed by atoms with Gasteiger partial charge in [0.2, 0.25) is 0 Å². The van der Waals surface area contributed by atoms with Gasteiger partial charge in [-0.05, 0) is 12.8 Å². The lowest BCUT2D eigenvalue weighted by Gasteiger charge is -2.20. The second kappa shape index (κ2) is 35.1. The minimum absolute atomic E-state index is 0.0400. The molecular formula is C40H79NO3. The van der Waals surface area contributed by atoms with E-state index in [-0.39, 0.29) is 18.1 Å². The number of ketones is 2. The monoisotopic (exact) mass is 622 g/mol. The fraction of sp³-hybridized carbons (Fsp3) is 0.950. The Morgan fingerprint density at radius 2 is 0.636 bits per heavy atom. The lowest BCUT2D eigenvalue weighted by molar-refractivity contribution is -0.143. The molecule has 0 saturated carbocycles. The van der Waals surface area contributed by atoms with Crippen LogP contribution in [0.2, 0.25) is 0 Å². The summed E-state index contributed by atoms with van der Waals surface area (Å²) in [6.07, 6.45) is 40.1. The van der Waals surface area contributed by atoms with E-state index in [1.54, 1.807) is 0 Å². The van der Waals surface area contributed by atoms with E-state index in [1.807, 2.05) is 6.92 Å². The molecule has 0 spiro atoms. The molecule has 0 aromatic carbocycles. The standard InChI is InChI=1S/C40H79NO3/c1-4-7-9-11-13-15-17-19-21-23-25-27-29-31-33-35-39(42)38(37-41(44)6-3)40(43)36-34-32-30-28-26-24-22-20-18-16-14-12-10-8-5-2/h38,44H,4-37H2,1-3H3. The van der Waals surface area contributed by atoms with Crippen molar-refractivity contribution in [2.75, 3.05) is 13.1 Å². The maximum Gasteiger partial charge on any atom is 0.144 e. The molecule has 0 atom stereocenters. The second-order valence-electron chi connectivity index (χ2n) is 13.9. The van der Waals surface area contributed by atoms with Crippen LogP contribution in [0.5, 0.6) is 0 Å². The van der Waals surface area contributed by atoms with Crippen molar-refractivity contribution in [3.05, 3.63) is 0 Å². The Bertz CT molecular complexity index is 561. The van der Waals surface area contributed by atoms with E-state index in [9.17, 15) is 14.8 Å². The molecule has 0 fully saturated rings. The summed E-state index contributed by atoms with van der Waals surface area (Å²) in [6, 6.07) is 0. The van der Waals surface area contributed by atoms with Crippen molar-refractivity contribution in [1.29, 1.82) is 0 Å². The van der Waals surface area contributed by atoms with Crippen LogP contribution in [0, 0.1) is 5.92 Å². The predicted molar refractivity (Wildman–Crippen MR) is 192 cm³/mol. The molecule has 0 rings (SSSR count). The molecule has 0 saturated heterocycles. The average molecular weight is 622 g/mol. The molecule has 0 aliphatic rings. The quantitative estimate of drug-likeness (QED) is 0.0426. The minimum atomic E-state index is -0.654. The third-order valence-corrected chi connectivity index (χ3v) is 9.59. The summed E-state index contributed by atoms with van der Waals surface area (Å²) >= 11 is 0. The third kappa shape index (κ3) is 29.9. The molecule has 0 unspecified atom stereocenters. The maximum atomic E-state index is 13.0. The molecule has 4 heteroatoms. The zero-order valence-electron chi connectivity index (χ0n) is 30.3. The van der Waals surface area contributed by atoms with Gasteiger partial charge in [-0.2, -0.15) is 5.06 Å². The van der Waals surface area contributed by atoms with Gasteiger partial charge in [0.25, 0.3) is 0 Å². The van der Waals surface area contributed by atoms with Crippen molar-refractivity contribution < 1.29 is 14.8 Å². The normalized spacial score (nSPS) is 11.7. The smallest absolute Gasteiger partial charge is 0.144 e. The topological polar surface area (TPSA) is 57.6 Å². The SMILES string of the molecule is CCCCCCCCCCCCCCCCCC(=O)C(CN(O)CC)C(=O)CCCCCCCCCCCCCCCCC. The number of rotatable bonds is 37. The van der Waals surface area contributed by atoms with Crippen LogP contribution in [0.15, 0.2) is 0 Å². The number of nitrogens with zero attached hydrogens (tertiary/aromatic N) is 1. The van der Waals surface area contributed by atoms with Crippen molar-refractivity contribution in [3.8, 4) is 0 Å². The van der Waals surface area contributed by atoms with E-state index >= 15 is 0 Å². The highest BCUT2D eigenvalue weighted by atomic mass is 16.5. The molecular weight excluding hydrogens is 542 g/mol. The third-order valence-electron chi connectivity index (χ3n) is 9.59. The van der Waals surface area contributed by atoms with E-state index in [1.165, 1.54) is 167 Å². The Morgan fingerprint density at radius 1 is 0.409 bits per heavy atom. The fourth-order valence-corrected chi connectivity index (χ4v) is 6.41. The molecule has 44 heavy (non-hydrogen) atoms. The zero-order chi connectivity index (χ0) is 32.4. The van der Waals surface area contributed by atoms with Gasteiger partial charge in [-0.1, -0.05) is 201 Å². The van der Waals surface area contributed by atoms with Gasteiger partial charge in [-0.15, -0.1) is 0 Å². The number of hydroxylamine groups is 2. The van der Waals surface area contributed by atoms with Crippen molar-refractivity contribution in [3.63, 3.8) is 0 Å². The van der Waals surface area contributed by atoms with E-state index < -0.39 is 5.92 Å². The van der Waals surface area contributed by atoms with Gasteiger partial charge in [0.1, 0.15) is 11.6 Å². The summed E-state index contributed by atoms with van der Waals surface area (Å²) in [5, 5.41) is 11.2. The second-order valence-corrected chi connectivity index (χ2v) is 13.9. The van der Waals surface area contributed by atoms with Crippen LogP contribution < -0.4 is 0 Å². The molecule has 0 aliphatic heterocycles. The summed E-state index contributed by atoms with van der Waals surface area (Å²) in [7, 11) is 0. The molecule has 1 N–H and O–H groups in total. The van der Waals surface area contributed by atoms with Gasteiger partial charge in [0.05, 0.1) is 5.92 Å². The largest absolute Gasteiger partial charge is 0.314 e. The van der Waals surface area contributed by atoms with Gasteiger partial charge in [0, 0.05) is 25.9 Å². The molecule has 0 aromatic rings. The van der Waals surface area contributed by atoms with Gasteiger partial charge >= 0.3 is 0 Å². The minimum Gasteiger partial charge on any atom is -0.314 e. The lowest BCUT2D eigenvalue weighted by Crippen LogP contribution is -2.36. The van der Waals surface area contributed by atoms with Crippen molar-refractivity contribution in [1.82, 2.24) is 5.06 Å². The van der Waals surface area contributed by atoms with Gasteiger partial charge in [0.15, 0.2) is 0 Å². The Hall–Kier alpha value is -0.740. The lowest BCUT2D eigenvalue weighted by atomic mass is 9.91. The average Bonchev–Trinajstić information content (AvgIpc) is 3.03. The summed E-state index contributed by atoms with van der Waals surface area (Å²) in [5.74, 6) is -0.574. The Morgan fingerprint density at radius 3 is 0.864 bits per heavy atom. The number of carbonyl (C=O) groups excluding carboxylic acids is 2. The fourth-order valence-electron chi connectivity index (χ4n) is 6.41. The van der Waals surface area contributed by atoms with Gasteiger partial charge in [-0.25, -0.2) is 0 Å². The number of hydrogen-bond donors (Lipinski definition) is 1. The molecule has 0 heterocycles. The first kappa shape index (κ1) is 43.3. The van der Waals surface area contributed by atoms with Crippen LogP contribution in [0.1, 0.15) is 226 Å². The molecule has 0 aromatic heterocycles. The zero-order valence-corrected chi connectivity index (χ0v) is 30.3. The molecule has 262 valence electrons. The number of hydrogen-bond acceptors (Lipinski definition) is 4.